The number of carbonyl (C=O) groups is 2. The van der Waals surface area contributed by atoms with Crippen molar-refractivity contribution in [1.29, 1.82) is 0 Å². The lowest BCUT2D eigenvalue weighted by Crippen LogP contribution is -2.58. The second kappa shape index (κ2) is 10.2. The van der Waals surface area contributed by atoms with Gasteiger partial charge in [-0.3, -0.25) is 14.8 Å². The zero-order chi connectivity index (χ0) is 28.8. The van der Waals surface area contributed by atoms with E-state index in [1.165, 1.54) is 11.0 Å². The number of aliphatic carboxylic acids is 1. The van der Waals surface area contributed by atoms with E-state index in [1.54, 1.807) is 18.3 Å². The number of pyridine rings is 1. The van der Waals surface area contributed by atoms with Crippen molar-refractivity contribution in [2.24, 2.45) is 10.9 Å². The highest BCUT2D eigenvalue weighted by molar-refractivity contribution is 6.04. The SMILES string of the molecule is CC(C)C[C@@]1(C(=O)O)C[C@@H](c2ccc(C(F)(F)F)cn2)[C@H](C2=NC=CC2)N1C(=O)c1ccc(C(C)(C)C)cc1. The van der Waals surface area contributed by atoms with Gasteiger partial charge >= 0.3 is 12.1 Å². The summed E-state index contributed by atoms with van der Waals surface area (Å²) in [6.45, 7) is 9.96. The summed E-state index contributed by atoms with van der Waals surface area (Å²) in [6, 6.07) is 8.61. The van der Waals surface area contributed by atoms with Gasteiger partial charge in [0.2, 0.25) is 0 Å². The Morgan fingerprint density at radius 3 is 2.18 bits per heavy atom. The first-order valence-corrected chi connectivity index (χ1v) is 13.1. The first-order chi connectivity index (χ1) is 18.1. The van der Waals surface area contributed by atoms with Crippen molar-refractivity contribution in [2.75, 3.05) is 0 Å². The number of alkyl halides is 3. The molecule has 6 nitrogen and oxygen atoms in total. The van der Waals surface area contributed by atoms with Gasteiger partial charge in [-0.2, -0.15) is 13.2 Å². The molecule has 3 atom stereocenters. The van der Waals surface area contributed by atoms with Gasteiger partial charge in [0.05, 0.1) is 11.6 Å². The Balaban J connectivity index is 1.87. The summed E-state index contributed by atoms with van der Waals surface area (Å²) in [7, 11) is 0. The molecular formula is C30H34F3N3O3. The largest absolute Gasteiger partial charge is 0.479 e. The van der Waals surface area contributed by atoms with E-state index in [9.17, 15) is 27.9 Å². The molecule has 0 bridgehead atoms. The Bertz CT molecular complexity index is 1290. The van der Waals surface area contributed by atoms with Crippen molar-refractivity contribution < 1.29 is 27.9 Å². The Labute approximate surface area is 226 Å². The van der Waals surface area contributed by atoms with E-state index in [0.29, 0.717) is 23.4 Å². The molecule has 1 saturated heterocycles. The van der Waals surface area contributed by atoms with Crippen LogP contribution in [0.3, 0.4) is 0 Å². The minimum absolute atomic E-state index is 0.00831. The van der Waals surface area contributed by atoms with E-state index in [-0.39, 0.29) is 24.2 Å². The van der Waals surface area contributed by atoms with Crippen LogP contribution in [0.25, 0.3) is 0 Å². The first-order valence-electron chi connectivity index (χ1n) is 13.1. The van der Waals surface area contributed by atoms with Gasteiger partial charge in [0, 0.05) is 41.7 Å². The fourth-order valence-electron chi connectivity index (χ4n) is 5.74. The van der Waals surface area contributed by atoms with Crippen LogP contribution in [0.1, 0.15) is 87.0 Å². The second-order valence-electron chi connectivity index (χ2n) is 11.9. The van der Waals surface area contributed by atoms with Gasteiger partial charge in [-0.15, -0.1) is 0 Å². The van der Waals surface area contributed by atoms with Gasteiger partial charge in [0.1, 0.15) is 5.54 Å². The summed E-state index contributed by atoms with van der Waals surface area (Å²) in [5.74, 6) is -2.34. The molecule has 0 spiro atoms. The van der Waals surface area contributed by atoms with E-state index in [4.69, 9.17) is 0 Å². The van der Waals surface area contributed by atoms with Crippen LogP contribution in [0, 0.1) is 5.92 Å². The number of allylic oxidation sites excluding steroid dienone is 1. The number of nitrogens with zero attached hydrogens (tertiary/aromatic N) is 3. The van der Waals surface area contributed by atoms with Crippen molar-refractivity contribution in [3.8, 4) is 0 Å². The van der Waals surface area contributed by atoms with Gasteiger partial charge in [0.15, 0.2) is 0 Å². The molecule has 0 radical (unpaired) electrons. The number of carbonyl (C=O) groups excluding carboxylic acids is 1. The van der Waals surface area contributed by atoms with E-state index in [0.717, 1.165) is 17.8 Å². The molecular weight excluding hydrogens is 507 g/mol. The number of rotatable bonds is 6. The van der Waals surface area contributed by atoms with Crippen LogP contribution in [0.4, 0.5) is 13.2 Å². The fourth-order valence-corrected chi connectivity index (χ4v) is 5.74. The maximum absolute atomic E-state index is 14.3. The molecule has 1 aromatic carbocycles. The molecule has 0 aliphatic carbocycles. The molecule has 39 heavy (non-hydrogen) atoms. The van der Waals surface area contributed by atoms with Crippen LogP contribution in [-0.4, -0.2) is 44.2 Å². The molecule has 0 saturated carbocycles. The summed E-state index contributed by atoms with van der Waals surface area (Å²) >= 11 is 0. The summed E-state index contributed by atoms with van der Waals surface area (Å²) in [5.41, 5.74) is -0.361. The van der Waals surface area contributed by atoms with Gasteiger partial charge in [-0.25, -0.2) is 4.79 Å². The van der Waals surface area contributed by atoms with E-state index < -0.39 is 41.1 Å². The topological polar surface area (TPSA) is 82.9 Å². The van der Waals surface area contributed by atoms with Crippen LogP contribution in [0.2, 0.25) is 0 Å². The van der Waals surface area contributed by atoms with Gasteiger partial charge in [0.25, 0.3) is 5.91 Å². The summed E-state index contributed by atoms with van der Waals surface area (Å²) in [5, 5.41) is 10.7. The highest BCUT2D eigenvalue weighted by Gasteiger charge is 2.60. The van der Waals surface area contributed by atoms with Crippen LogP contribution >= 0.6 is 0 Å². The zero-order valence-corrected chi connectivity index (χ0v) is 22.8. The number of hydrogen-bond acceptors (Lipinski definition) is 4. The lowest BCUT2D eigenvalue weighted by atomic mass is 9.82. The monoisotopic (exact) mass is 541 g/mol. The number of hydrogen-bond donors (Lipinski definition) is 1. The highest BCUT2D eigenvalue weighted by atomic mass is 19.4. The molecule has 9 heteroatoms. The van der Waals surface area contributed by atoms with E-state index >= 15 is 0 Å². The molecule has 1 fully saturated rings. The van der Waals surface area contributed by atoms with E-state index in [1.807, 2.05) is 32.1 Å². The molecule has 1 amide bonds. The third-order valence-corrected chi connectivity index (χ3v) is 7.55. The van der Waals surface area contributed by atoms with E-state index in [2.05, 4.69) is 30.7 Å². The van der Waals surface area contributed by atoms with Gasteiger partial charge < -0.3 is 10.0 Å². The van der Waals surface area contributed by atoms with Crippen LogP contribution in [0.5, 0.6) is 0 Å². The van der Waals surface area contributed by atoms with Crippen LogP contribution < -0.4 is 0 Å². The zero-order valence-electron chi connectivity index (χ0n) is 22.8. The minimum Gasteiger partial charge on any atom is -0.479 e. The molecule has 4 rings (SSSR count). The number of carboxylic acids is 1. The minimum atomic E-state index is -4.55. The Hall–Kier alpha value is -3.49. The molecule has 2 aliphatic heterocycles. The predicted octanol–water partition coefficient (Wildman–Crippen LogP) is 6.62. The summed E-state index contributed by atoms with van der Waals surface area (Å²) < 4.78 is 39.8. The Morgan fingerprint density at radius 1 is 1.08 bits per heavy atom. The number of carboxylic acid groups (broad SMARTS) is 1. The third-order valence-electron chi connectivity index (χ3n) is 7.55. The van der Waals surface area contributed by atoms with Crippen molar-refractivity contribution in [2.45, 2.75) is 83.0 Å². The maximum atomic E-state index is 14.3. The van der Waals surface area contributed by atoms with Crippen molar-refractivity contribution >= 4 is 17.6 Å². The average molecular weight is 542 g/mol. The average Bonchev–Trinajstić information content (AvgIpc) is 3.49. The number of amides is 1. The fraction of sp³-hybridized carbons (Fsp3) is 0.467. The lowest BCUT2D eigenvalue weighted by Gasteiger charge is -2.39. The van der Waals surface area contributed by atoms with Crippen LogP contribution in [0.15, 0.2) is 59.9 Å². The maximum Gasteiger partial charge on any atom is 0.417 e. The smallest absolute Gasteiger partial charge is 0.417 e. The normalized spacial score (nSPS) is 23.4. The highest BCUT2D eigenvalue weighted by Crippen LogP contribution is 2.49. The standard InChI is InChI=1S/C30H34F3N3O3/c1-18(2)15-29(27(38)39)16-22(23-13-12-21(17-35-23)30(31,32)33)25(24-7-6-14-34-24)36(29)26(37)19-8-10-20(11-9-19)28(3,4)5/h6,8-14,17-18,22,25H,7,15-16H2,1-5H3,(H,38,39)/t22-,25+,29-/m0/s1. The second-order valence-corrected chi connectivity index (χ2v) is 11.9. The molecule has 208 valence electrons. The molecule has 3 heterocycles. The molecule has 1 N–H and O–H groups in total. The number of aliphatic imine (C=N–C) groups is 1. The molecule has 2 aromatic rings. The quantitative estimate of drug-likeness (QED) is 0.445. The third kappa shape index (κ3) is 5.49. The molecule has 0 unspecified atom stereocenters. The van der Waals surface area contributed by atoms with Gasteiger partial charge in [-0.05, 0) is 54.0 Å². The molecule has 2 aliphatic rings. The van der Waals surface area contributed by atoms with Crippen molar-refractivity contribution in [1.82, 2.24) is 9.88 Å². The molecule has 1 aromatic heterocycles. The van der Waals surface area contributed by atoms with Crippen molar-refractivity contribution in [3.05, 3.63) is 77.3 Å². The summed E-state index contributed by atoms with van der Waals surface area (Å²) in [6.07, 6.45) is 0.224. The number of halogens is 3. The first kappa shape index (κ1) is 28.5. The number of aromatic nitrogens is 1. The van der Waals surface area contributed by atoms with Gasteiger partial charge in [-0.1, -0.05) is 52.8 Å². The van der Waals surface area contributed by atoms with Crippen molar-refractivity contribution in [3.63, 3.8) is 0 Å². The Morgan fingerprint density at radius 2 is 1.72 bits per heavy atom. The number of likely N-dealkylation sites (tertiary alicyclic amines) is 1. The lowest BCUT2D eigenvalue weighted by molar-refractivity contribution is -0.149. The Kier molecular flexibility index (Phi) is 7.49. The van der Waals surface area contributed by atoms with Crippen LogP contribution in [-0.2, 0) is 16.4 Å². The number of benzene rings is 1. The summed E-state index contributed by atoms with van der Waals surface area (Å²) in [4.78, 5) is 37.4. The predicted molar refractivity (Wildman–Crippen MR) is 143 cm³/mol.